The lowest BCUT2D eigenvalue weighted by Gasteiger charge is -2.33. The Morgan fingerprint density at radius 3 is 2.40 bits per heavy atom. The standard InChI is InChI=1S/C14H22N2O3S/c1-8(2)13-15-7-10(20-13)12(19)16-14(5,9(3)4)6-11(17)18/h7-9H,6H2,1-5H3,(H,16,19)(H,17,18). The van der Waals surface area contributed by atoms with Crippen molar-refractivity contribution in [3.8, 4) is 0 Å². The molecule has 0 aliphatic heterocycles. The fourth-order valence-electron chi connectivity index (χ4n) is 1.69. The maximum Gasteiger partial charge on any atom is 0.305 e. The van der Waals surface area contributed by atoms with Crippen molar-refractivity contribution in [1.29, 1.82) is 0 Å². The Labute approximate surface area is 123 Å². The Kier molecular flexibility index (Phi) is 5.28. The highest BCUT2D eigenvalue weighted by atomic mass is 32.1. The van der Waals surface area contributed by atoms with Gasteiger partial charge in [0.25, 0.3) is 5.91 Å². The minimum absolute atomic E-state index is 0.0139. The van der Waals surface area contributed by atoms with Crippen LogP contribution in [0.4, 0.5) is 0 Å². The van der Waals surface area contributed by atoms with Gasteiger partial charge in [-0.25, -0.2) is 4.98 Å². The molecule has 0 spiro atoms. The smallest absolute Gasteiger partial charge is 0.305 e. The van der Waals surface area contributed by atoms with Crippen molar-refractivity contribution in [2.75, 3.05) is 0 Å². The van der Waals surface area contributed by atoms with Crippen LogP contribution in [0.5, 0.6) is 0 Å². The molecule has 1 unspecified atom stereocenters. The van der Waals surface area contributed by atoms with Gasteiger partial charge in [0.05, 0.1) is 23.2 Å². The second-order valence-electron chi connectivity index (χ2n) is 5.81. The molecule has 0 bridgehead atoms. The number of thiazole rings is 1. The van der Waals surface area contributed by atoms with E-state index in [1.54, 1.807) is 13.1 Å². The number of aliphatic carboxylic acids is 1. The number of hydrogen-bond donors (Lipinski definition) is 2. The predicted molar refractivity (Wildman–Crippen MR) is 79.2 cm³/mol. The zero-order chi connectivity index (χ0) is 15.5. The molecule has 112 valence electrons. The lowest BCUT2D eigenvalue weighted by atomic mass is 9.85. The molecule has 0 saturated carbocycles. The molecule has 0 aliphatic rings. The van der Waals surface area contributed by atoms with Crippen molar-refractivity contribution in [3.05, 3.63) is 16.1 Å². The Morgan fingerprint density at radius 1 is 1.40 bits per heavy atom. The Bertz CT molecular complexity index is 496. The molecule has 1 aromatic heterocycles. The third-order valence-corrected chi connectivity index (χ3v) is 4.73. The third kappa shape index (κ3) is 4.03. The van der Waals surface area contributed by atoms with Gasteiger partial charge < -0.3 is 10.4 Å². The first kappa shape index (κ1) is 16.6. The molecule has 0 aromatic carbocycles. The topological polar surface area (TPSA) is 79.3 Å². The lowest BCUT2D eigenvalue weighted by Crippen LogP contribution is -2.51. The SMILES string of the molecule is CC(C)c1ncc(C(=O)NC(C)(CC(=O)O)C(C)C)s1. The molecule has 1 atom stereocenters. The van der Waals surface area contributed by atoms with E-state index in [0.29, 0.717) is 4.88 Å². The van der Waals surface area contributed by atoms with Crippen LogP contribution in [0.15, 0.2) is 6.20 Å². The van der Waals surface area contributed by atoms with E-state index in [0.717, 1.165) is 5.01 Å². The van der Waals surface area contributed by atoms with E-state index >= 15 is 0 Å². The Hall–Kier alpha value is -1.43. The van der Waals surface area contributed by atoms with E-state index in [9.17, 15) is 9.59 Å². The van der Waals surface area contributed by atoms with Gasteiger partial charge in [-0.1, -0.05) is 27.7 Å². The number of rotatable bonds is 6. The summed E-state index contributed by atoms with van der Waals surface area (Å²) in [7, 11) is 0. The molecule has 1 amide bonds. The molecule has 6 heteroatoms. The first-order valence-corrected chi connectivity index (χ1v) is 7.47. The van der Waals surface area contributed by atoms with Crippen molar-refractivity contribution < 1.29 is 14.7 Å². The largest absolute Gasteiger partial charge is 0.481 e. The lowest BCUT2D eigenvalue weighted by molar-refractivity contribution is -0.138. The highest BCUT2D eigenvalue weighted by Crippen LogP contribution is 2.24. The number of nitrogens with zero attached hydrogens (tertiary/aromatic N) is 1. The van der Waals surface area contributed by atoms with Crippen LogP contribution in [0, 0.1) is 5.92 Å². The monoisotopic (exact) mass is 298 g/mol. The first-order valence-electron chi connectivity index (χ1n) is 6.65. The minimum atomic E-state index is -0.923. The van der Waals surface area contributed by atoms with Crippen LogP contribution < -0.4 is 5.32 Å². The number of carboxylic acid groups (broad SMARTS) is 1. The van der Waals surface area contributed by atoms with E-state index in [-0.39, 0.29) is 24.2 Å². The molecule has 1 aromatic rings. The van der Waals surface area contributed by atoms with Crippen LogP contribution in [-0.2, 0) is 4.79 Å². The summed E-state index contributed by atoms with van der Waals surface area (Å²) in [6, 6.07) is 0. The second-order valence-corrected chi connectivity index (χ2v) is 6.88. The summed E-state index contributed by atoms with van der Waals surface area (Å²) in [5.74, 6) is -0.891. The number of nitrogens with one attached hydrogen (secondary N) is 1. The fraction of sp³-hybridized carbons (Fsp3) is 0.643. The van der Waals surface area contributed by atoms with Crippen LogP contribution in [0.3, 0.4) is 0 Å². The number of carbonyl (C=O) groups excluding carboxylic acids is 1. The average Bonchev–Trinajstić information content (AvgIpc) is 2.76. The molecule has 0 aliphatic carbocycles. The zero-order valence-electron chi connectivity index (χ0n) is 12.6. The quantitative estimate of drug-likeness (QED) is 0.846. The van der Waals surface area contributed by atoms with Crippen LogP contribution in [0.25, 0.3) is 0 Å². The van der Waals surface area contributed by atoms with Gasteiger partial charge >= 0.3 is 5.97 Å². The van der Waals surface area contributed by atoms with Gasteiger partial charge in [0.2, 0.25) is 0 Å². The van der Waals surface area contributed by atoms with Gasteiger partial charge in [-0.2, -0.15) is 0 Å². The second kappa shape index (κ2) is 6.35. The van der Waals surface area contributed by atoms with Crippen molar-refractivity contribution in [3.63, 3.8) is 0 Å². The molecule has 5 nitrogen and oxygen atoms in total. The number of aromatic nitrogens is 1. The van der Waals surface area contributed by atoms with Gasteiger partial charge in [0.1, 0.15) is 4.88 Å². The molecule has 2 N–H and O–H groups in total. The van der Waals surface area contributed by atoms with Crippen LogP contribution in [0.2, 0.25) is 0 Å². The van der Waals surface area contributed by atoms with Crippen LogP contribution in [0.1, 0.15) is 61.6 Å². The first-order chi connectivity index (χ1) is 9.15. The fourth-order valence-corrected chi connectivity index (χ4v) is 2.50. The Balaban J connectivity index is 2.87. The number of amides is 1. The summed E-state index contributed by atoms with van der Waals surface area (Å²) in [5, 5.41) is 12.7. The van der Waals surface area contributed by atoms with Gasteiger partial charge in [0, 0.05) is 5.92 Å². The van der Waals surface area contributed by atoms with Gasteiger partial charge in [0.15, 0.2) is 0 Å². The van der Waals surface area contributed by atoms with E-state index in [4.69, 9.17) is 5.11 Å². The molecular formula is C14H22N2O3S. The molecule has 0 saturated heterocycles. The van der Waals surface area contributed by atoms with Gasteiger partial charge in [-0.15, -0.1) is 11.3 Å². The summed E-state index contributed by atoms with van der Waals surface area (Å²) in [6.45, 7) is 9.59. The number of carbonyl (C=O) groups is 2. The van der Waals surface area contributed by atoms with Crippen LogP contribution in [-0.4, -0.2) is 27.5 Å². The Morgan fingerprint density at radius 2 is 2.00 bits per heavy atom. The van der Waals surface area contributed by atoms with E-state index < -0.39 is 11.5 Å². The number of carboxylic acids is 1. The van der Waals surface area contributed by atoms with Crippen molar-refractivity contribution in [2.45, 2.75) is 52.5 Å². The molecule has 0 radical (unpaired) electrons. The van der Waals surface area contributed by atoms with Gasteiger partial charge in [-0.05, 0) is 12.8 Å². The minimum Gasteiger partial charge on any atom is -0.481 e. The van der Waals surface area contributed by atoms with Crippen LogP contribution >= 0.6 is 11.3 Å². The third-order valence-electron chi connectivity index (χ3n) is 3.43. The summed E-state index contributed by atoms with van der Waals surface area (Å²) in [6.07, 6.45) is 1.45. The normalized spacial score (nSPS) is 14.3. The molecule has 1 heterocycles. The summed E-state index contributed by atoms with van der Waals surface area (Å²) in [5.41, 5.74) is -0.773. The summed E-state index contributed by atoms with van der Waals surface area (Å²) < 4.78 is 0. The van der Waals surface area contributed by atoms with E-state index in [1.807, 2.05) is 27.7 Å². The van der Waals surface area contributed by atoms with Crippen molar-refractivity contribution >= 4 is 23.2 Å². The van der Waals surface area contributed by atoms with Gasteiger partial charge in [-0.3, -0.25) is 9.59 Å². The maximum atomic E-state index is 12.2. The predicted octanol–water partition coefficient (Wildman–Crippen LogP) is 2.89. The molecular weight excluding hydrogens is 276 g/mol. The molecule has 0 fully saturated rings. The van der Waals surface area contributed by atoms with Crippen molar-refractivity contribution in [1.82, 2.24) is 10.3 Å². The summed E-state index contributed by atoms with van der Waals surface area (Å²) in [4.78, 5) is 28.0. The molecule has 1 rings (SSSR count). The number of hydrogen-bond acceptors (Lipinski definition) is 4. The maximum absolute atomic E-state index is 12.2. The zero-order valence-corrected chi connectivity index (χ0v) is 13.4. The average molecular weight is 298 g/mol. The summed E-state index contributed by atoms with van der Waals surface area (Å²) >= 11 is 1.35. The van der Waals surface area contributed by atoms with Crippen molar-refractivity contribution in [2.24, 2.45) is 5.92 Å². The molecule has 20 heavy (non-hydrogen) atoms. The van der Waals surface area contributed by atoms with E-state index in [2.05, 4.69) is 10.3 Å². The highest BCUT2D eigenvalue weighted by molar-refractivity contribution is 7.13. The highest BCUT2D eigenvalue weighted by Gasteiger charge is 2.33. The van der Waals surface area contributed by atoms with E-state index in [1.165, 1.54) is 11.3 Å².